The molecule has 0 heterocycles. The van der Waals surface area contributed by atoms with Crippen LogP contribution >= 0.6 is 0 Å². The molecule has 0 aliphatic heterocycles. The molecule has 2 amide bonds. The normalized spacial score (nSPS) is 6.22. The molecule has 0 atom stereocenters. The fourth-order valence-corrected chi connectivity index (χ4v) is 0. The zero-order valence-electron chi connectivity index (χ0n) is 13.6. The molecule has 6 heteroatoms. The Bertz CT molecular complexity index is 142. The predicted octanol–water partition coefficient (Wildman–Crippen LogP) is 2.79. The van der Waals surface area contributed by atoms with Crippen molar-refractivity contribution >= 4 is 11.8 Å². The minimum absolute atomic E-state index is 0.352. The van der Waals surface area contributed by atoms with E-state index >= 15 is 0 Å². The first-order valence-corrected chi connectivity index (χ1v) is 6.15. The summed E-state index contributed by atoms with van der Waals surface area (Å²) >= 11 is 0. The van der Waals surface area contributed by atoms with E-state index in [0.29, 0.717) is 10.1 Å². The Hall–Kier alpha value is -1.14. The van der Waals surface area contributed by atoms with Crippen molar-refractivity contribution in [3.63, 3.8) is 0 Å². The van der Waals surface area contributed by atoms with E-state index < -0.39 is 0 Å². The molecule has 0 saturated carbocycles. The van der Waals surface area contributed by atoms with Gasteiger partial charge in [0.2, 0.25) is 11.8 Å². The van der Waals surface area contributed by atoms with E-state index in [1.54, 1.807) is 0 Å². The molecule has 0 spiro atoms. The van der Waals surface area contributed by atoms with Crippen LogP contribution in [-0.4, -0.2) is 46.5 Å². The fourth-order valence-electron chi connectivity index (χ4n) is 0. The van der Waals surface area contributed by atoms with Crippen LogP contribution in [0.25, 0.3) is 0 Å². The van der Waals surface area contributed by atoms with Crippen LogP contribution in [0.5, 0.6) is 0 Å². The molecule has 2 N–H and O–H groups in total. The van der Waals surface area contributed by atoms with Crippen LogP contribution in [0, 0.1) is 0 Å². The van der Waals surface area contributed by atoms with Crippen LogP contribution in [0.1, 0.15) is 55.4 Å². The van der Waals surface area contributed by atoms with Gasteiger partial charge in [-0.1, -0.05) is 41.5 Å². The van der Waals surface area contributed by atoms with Crippen LogP contribution in [0.3, 0.4) is 0 Å². The van der Waals surface area contributed by atoms with Gasteiger partial charge < -0.3 is 0 Å². The van der Waals surface area contributed by atoms with Gasteiger partial charge >= 0.3 is 0 Å². The van der Waals surface area contributed by atoms with Gasteiger partial charge in [-0.15, -0.1) is 0 Å². The molecule has 0 saturated heterocycles. The van der Waals surface area contributed by atoms with Crippen molar-refractivity contribution in [1.29, 1.82) is 0 Å². The summed E-state index contributed by atoms with van der Waals surface area (Å²) in [5, 5.41) is 17.3. The maximum Gasteiger partial charge on any atom is 0.242 e. The lowest BCUT2D eigenvalue weighted by Crippen LogP contribution is -2.17. The van der Waals surface area contributed by atoms with Gasteiger partial charge in [0.15, 0.2) is 0 Å². The largest absolute Gasteiger partial charge is 0.286 e. The van der Waals surface area contributed by atoms with Crippen molar-refractivity contribution in [3.8, 4) is 0 Å². The molecule has 0 aromatic heterocycles. The Morgan fingerprint density at radius 1 is 0.667 bits per heavy atom. The summed E-state index contributed by atoms with van der Waals surface area (Å²) in [5.41, 5.74) is 0. The fraction of sp³-hybridized carbons (Fsp3) is 0.833. The second-order valence-corrected chi connectivity index (χ2v) is 2.09. The second-order valence-electron chi connectivity index (χ2n) is 2.09. The molecular formula is C12H32N2O4. The summed E-state index contributed by atoms with van der Waals surface area (Å²) in [6.45, 7) is 14.6. The van der Waals surface area contributed by atoms with Crippen molar-refractivity contribution in [3.05, 3.63) is 0 Å². The molecule has 0 aliphatic carbocycles. The van der Waals surface area contributed by atoms with E-state index in [9.17, 15) is 9.59 Å². The lowest BCUT2D eigenvalue weighted by Gasteiger charge is -1.99. The first kappa shape index (κ1) is 30.2. The molecule has 0 unspecified atom stereocenters. The Morgan fingerprint density at radius 3 is 0.722 bits per heavy atom. The van der Waals surface area contributed by atoms with E-state index in [2.05, 4.69) is 0 Å². The van der Waals surface area contributed by atoms with Gasteiger partial charge in [-0.05, 0) is 0 Å². The van der Waals surface area contributed by atoms with E-state index in [1.807, 2.05) is 41.5 Å². The highest BCUT2D eigenvalue weighted by atomic mass is 16.5. The van der Waals surface area contributed by atoms with Gasteiger partial charge in [-0.25, -0.2) is 10.1 Å². The van der Waals surface area contributed by atoms with Gasteiger partial charge in [-0.3, -0.25) is 20.0 Å². The highest BCUT2D eigenvalue weighted by molar-refractivity contribution is 5.71. The maximum atomic E-state index is 9.82. The lowest BCUT2D eigenvalue weighted by molar-refractivity contribution is -0.156. The Kier molecular flexibility index (Phi) is 49.7. The van der Waals surface area contributed by atoms with E-state index in [-0.39, 0.29) is 11.8 Å². The van der Waals surface area contributed by atoms with E-state index in [1.165, 1.54) is 27.9 Å². The van der Waals surface area contributed by atoms with Crippen LogP contribution < -0.4 is 0 Å². The lowest BCUT2D eigenvalue weighted by atomic mass is 10.7. The Morgan fingerprint density at radius 2 is 0.722 bits per heavy atom. The van der Waals surface area contributed by atoms with E-state index in [0.717, 1.165) is 0 Å². The summed E-state index contributed by atoms with van der Waals surface area (Å²) < 4.78 is 0. The molecule has 0 radical (unpaired) electrons. The zero-order chi connectivity index (χ0) is 16.3. The summed E-state index contributed by atoms with van der Waals surface area (Å²) in [7, 11) is 2.56. The summed E-state index contributed by atoms with van der Waals surface area (Å²) in [4.78, 5) is 19.6. The third kappa shape index (κ3) is 60.7. The standard InChI is InChI=1S/2C3H7NO2.3C2H6/c2*1-3(5)4(2)6;3*1-2/h2*6H,1-2H3;3*1-2H3. The molecule has 6 nitrogen and oxygen atoms in total. The zero-order valence-corrected chi connectivity index (χ0v) is 13.6. The molecule has 18 heavy (non-hydrogen) atoms. The Labute approximate surface area is 112 Å². The van der Waals surface area contributed by atoms with Gasteiger partial charge in [0.25, 0.3) is 0 Å². The van der Waals surface area contributed by atoms with Crippen molar-refractivity contribution in [2.45, 2.75) is 55.4 Å². The van der Waals surface area contributed by atoms with Crippen molar-refractivity contribution in [2.75, 3.05) is 14.1 Å². The number of amides is 2. The minimum atomic E-state index is -0.352. The maximum absolute atomic E-state index is 9.82. The molecule has 0 bridgehead atoms. The van der Waals surface area contributed by atoms with Gasteiger partial charge in [-0.2, -0.15) is 0 Å². The molecule has 0 fully saturated rings. The predicted molar refractivity (Wildman–Crippen MR) is 74.5 cm³/mol. The molecule has 0 rings (SSSR count). The number of hydrogen-bond acceptors (Lipinski definition) is 4. The van der Waals surface area contributed by atoms with Crippen LogP contribution in [0.4, 0.5) is 0 Å². The average Bonchev–Trinajstić information content (AvgIpc) is 2.37. The van der Waals surface area contributed by atoms with Gasteiger partial charge in [0.05, 0.1) is 0 Å². The number of nitrogens with zero attached hydrogens (tertiary/aromatic N) is 2. The van der Waals surface area contributed by atoms with Gasteiger partial charge in [0, 0.05) is 27.9 Å². The number of carbonyl (C=O) groups is 2. The highest BCUT2D eigenvalue weighted by Gasteiger charge is 1.90. The molecular weight excluding hydrogens is 236 g/mol. The third-order valence-corrected chi connectivity index (χ3v) is 0.911. The van der Waals surface area contributed by atoms with Crippen LogP contribution in [0.15, 0.2) is 0 Å². The SMILES string of the molecule is CC.CC.CC.CC(=O)N(C)O.CC(=O)N(C)O. The molecule has 0 aliphatic rings. The van der Waals surface area contributed by atoms with Crippen LogP contribution in [0.2, 0.25) is 0 Å². The molecule has 0 aromatic rings. The average molecular weight is 268 g/mol. The van der Waals surface area contributed by atoms with Crippen molar-refractivity contribution < 1.29 is 20.0 Å². The number of hydrogen-bond donors (Lipinski definition) is 2. The number of rotatable bonds is 0. The summed E-state index contributed by atoms with van der Waals surface area (Å²) in [5.74, 6) is -0.704. The monoisotopic (exact) mass is 268 g/mol. The smallest absolute Gasteiger partial charge is 0.242 e. The van der Waals surface area contributed by atoms with Crippen LogP contribution in [-0.2, 0) is 9.59 Å². The minimum Gasteiger partial charge on any atom is -0.286 e. The number of hydroxylamine groups is 4. The third-order valence-electron chi connectivity index (χ3n) is 0.911. The second kappa shape index (κ2) is 29.7. The Balaban J connectivity index is -0.0000000442. The van der Waals surface area contributed by atoms with Crippen molar-refractivity contribution in [1.82, 2.24) is 10.1 Å². The summed E-state index contributed by atoms with van der Waals surface area (Å²) in [6, 6.07) is 0. The topological polar surface area (TPSA) is 81.1 Å². The highest BCUT2D eigenvalue weighted by Crippen LogP contribution is 1.69. The number of carbonyl (C=O) groups excluding carboxylic acids is 2. The van der Waals surface area contributed by atoms with Crippen molar-refractivity contribution in [2.24, 2.45) is 0 Å². The summed E-state index contributed by atoms with van der Waals surface area (Å²) in [6.07, 6.45) is 0. The quantitative estimate of drug-likeness (QED) is 0.523. The first-order valence-electron chi connectivity index (χ1n) is 6.15. The van der Waals surface area contributed by atoms with Gasteiger partial charge in [0.1, 0.15) is 0 Å². The first-order chi connectivity index (χ1) is 8.29. The van der Waals surface area contributed by atoms with E-state index in [4.69, 9.17) is 10.4 Å². The molecule has 114 valence electrons. The molecule has 0 aromatic carbocycles.